The molecule has 0 aromatic carbocycles. The molecule has 5 nitrogen and oxygen atoms in total. The van der Waals surface area contributed by atoms with Crippen LogP contribution in [0.1, 0.15) is 46.5 Å². The van der Waals surface area contributed by atoms with Gasteiger partial charge in [-0.2, -0.15) is 0 Å². The van der Waals surface area contributed by atoms with Crippen molar-refractivity contribution in [2.45, 2.75) is 52.1 Å². The molecule has 0 unspecified atom stereocenters. The minimum absolute atomic E-state index is 0. The molecule has 0 aliphatic heterocycles. The molecule has 0 radical (unpaired) electrons. The van der Waals surface area contributed by atoms with Crippen molar-refractivity contribution in [2.24, 2.45) is 0 Å². The van der Waals surface area contributed by atoms with Crippen LogP contribution in [0.4, 0.5) is 4.79 Å². The molecule has 0 aromatic rings. The van der Waals surface area contributed by atoms with Crippen molar-refractivity contribution in [3.8, 4) is 0 Å². The molecule has 0 aliphatic carbocycles. The van der Waals surface area contributed by atoms with E-state index in [9.17, 15) is 14.7 Å². The summed E-state index contributed by atoms with van der Waals surface area (Å²) in [6.45, 7) is 5.90. The van der Waals surface area contributed by atoms with Gasteiger partial charge in [0.2, 0.25) is 0 Å². The Morgan fingerprint density at radius 3 is 2.24 bits per heavy atom. The van der Waals surface area contributed by atoms with Crippen molar-refractivity contribution in [3.63, 3.8) is 0 Å². The minimum atomic E-state index is -1.03. The topological polar surface area (TPSA) is 78.5 Å². The van der Waals surface area contributed by atoms with E-state index in [1.54, 1.807) is 20.8 Å². The number of carbonyl (C=O) groups is 2. The average molecular weight is 338 g/mol. The second-order valence-electron chi connectivity index (χ2n) is 4.61. The first kappa shape index (κ1) is 18.8. The van der Waals surface area contributed by atoms with E-state index in [0.29, 0.717) is 13.0 Å². The zero-order valence-electron chi connectivity index (χ0n) is 10.5. The van der Waals surface area contributed by atoms with Crippen LogP contribution in [-0.4, -0.2) is 24.2 Å². The van der Waals surface area contributed by atoms with E-state index >= 15 is 0 Å². The smallest absolute Gasteiger partial charge is 0.550 e. The molecule has 0 spiro atoms. The summed E-state index contributed by atoms with van der Waals surface area (Å²) in [5.41, 5.74) is -0.487. The van der Waals surface area contributed by atoms with Gasteiger partial charge in [-0.1, -0.05) is 6.42 Å². The molecule has 17 heavy (non-hydrogen) atoms. The van der Waals surface area contributed by atoms with Crippen molar-refractivity contribution in [3.05, 3.63) is 0 Å². The molecule has 0 rings (SSSR count). The van der Waals surface area contributed by atoms with Gasteiger partial charge in [-0.25, -0.2) is 4.79 Å². The number of hydrogen-bond donors (Lipinski definition) is 1. The first-order valence-electron chi connectivity index (χ1n) is 5.48. The standard InChI is InChI=1S/C11H21NO4.Ag/c1-11(2,3)16-10(15)12-8-6-4-5-7-9(13)14;/h4-8H2,1-3H3,(H,12,15)(H,13,14);/q;+1/p-1. The van der Waals surface area contributed by atoms with E-state index in [2.05, 4.69) is 5.32 Å². The summed E-state index contributed by atoms with van der Waals surface area (Å²) < 4.78 is 5.03. The van der Waals surface area contributed by atoms with Gasteiger partial charge in [-0.05, 0) is 40.0 Å². The van der Waals surface area contributed by atoms with Gasteiger partial charge >= 0.3 is 28.5 Å². The molecule has 0 saturated carbocycles. The summed E-state index contributed by atoms with van der Waals surface area (Å²) in [7, 11) is 0. The number of rotatable bonds is 6. The van der Waals surface area contributed by atoms with Gasteiger partial charge in [0, 0.05) is 12.5 Å². The Bertz CT molecular complexity index is 238. The van der Waals surface area contributed by atoms with E-state index in [0.717, 1.165) is 12.8 Å². The summed E-state index contributed by atoms with van der Waals surface area (Å²) in [5.74, 6) is -1.03. The van der Waals surface area contributed by atoms with Crippen LogP contribution in [0.2, 0.25) is 0 Å². The first-order valence-corrected chi connectivity index (χ1v) is 5.48. The third-order valence-electron chi connectivity index (χ3n) is 1.73. The monoisotopic (exact) mass is 337 g/mol. The van der Waals surface area contributed by atoms with Gasteiger partial charge < -0.3 is 20.0 Å². The molecule has 1 amide bonds. The van der Waals surface area contributed by atoms with E-state index in [1.807, 2.05) is 0 Å². The molecule has 1 N–H and O–H groups in total. The van der Waals surface area contributed by atoms with E-state index in [1.165, 1.54) is 0 Å². The number of aliphatic carboxylic acids is 1. The Balaban J connectivity index is 0. The molecule has 0 saturated heterocycles. The number of nitrogens with one attached hydrogen (secondary N) is 1. The van der Waals surface area contributed by atoms with Crippen LogP contribution in [0, 0.1) is 0 Å². The van der Waals surface area contributed by atoms with Crippen LogP contribution in [-0.2, 0) is 31.9 Å². The largest absolute Gasteiger partial charge is 1.00 e. The Morgan fingerprint density at radius 1 is 1.18 bits per heavy atom. The third-order valence-corrected chi connectivity index (χ3v) is 1.73. The maximum Gasteiger partial charge on any atom is 1.00 e. The van der Waals surface area contributed by atoms with Gasteiger partial charge in [0.05, 0.1) is 0 Å². The number of carboxylic acid groups (broad SMARTS) is 1. The van der Waals surface area contributed by atoms with Gasteiger partial charge in [0.1, 0.15) is 5.60 Å². The molecule has 0 atom stereocenters. The first-order chi connectivity index (χ1) is 7.31. The van der Waals surface area contributed by atoms with Crippen LogP contribution in [0.3, 0.4) is 0 Å². The maximum atomic E-state index is 11.2. The number of carboxylic acids is 1. The fourth-order valence-electron chi connectivity index (χ4n) is 1.08. The molecule has 0 fully saturated rings. The zero-order valence-corrected chi connectivity index (χ0v) is 12.0. The normalized spacial score (nSPS) is 10.3. The van der Waals surface area contributed by atoms with E-state index in [-0.39, 0.29) is 28.8 Å². The average Bonchev–Trinajstić information content (AvgIpc) is 2.07. The number of alkyl carbamates (subject to hydrolysis) is 1. The third kappa shape index (κ3) is 15.5. The van der Waals surface area contributed by atoms with Gasteiger partial charge in [-0.3, -0.25) is 0 Å². The molecule has 0 aromatic heterocycles. The quantitative estimate of drug-likeness (QED) is 0.575. The van der Waals surface area contributed by atoms with Crippen LogP contribution in [0.15, 0.2) is 0 Å². The van der Waals surface area contributed by atoms with Crippen LogP contribution < -0.4 is 10.4 Å². The van der Waals surface area contributed by atoms with Gasteiger partial charge in [0.25, 0.3) is 0 Å². The molecule has 0 heterocycles. The molecular formula is C11H20AgNO4. The maximum absolute atomic E-state index is 11.2. The summed E-state index contributed by atoms with van der Waals surface area (Å²) >= 11 is 0. The van der Waals surface area contributed by atoms with Crippen molar-refractivity contribution in [2.75, 3.05) is 6.54 Å². The van der Waals surface area contributed by atoms with Crippen LogP contribution in [0.5, 0.6) is 0 Å². The Kier molecular flexibility index (Phi) is 10.5. The van der Waals surface area contributed by atoms with E-state index in [4.69, 9.17) is 4.74 Å². The zero-order chi connectivity index (χ0) is 12.6. The molecule has 0 bridgehead atoms. The molecular weight excluding hydrogens is 318 g/mol. The van der Waals surface area contributed by atoms with E-state index < -0.39 is 17.7 Å². The van der Waals surface area contributed by atoms with Gasteiger partial charge in [-0.15, -0.1) is 0 Å². The molecule has 104 valence electrons. The minimum Gasteiger partial charge on any atom is -0.550 e. The number of unbranched alkanes of at least 4 members (excludes halogenated alkanes) is 2. The van der Waals surface area contributed by atoms with Crippen molar-refractivity contribution >= 4 is 12.1 Å². The van der Waals surface area contributed by atoms with Gasteiger partial charge in [0.15, 0.2) is 0 Å². The molecule has 6 heteroatoms. The second-order valence-corrected chi connectivity index (χ2v) is 4.61. The SMILES string of the molecule is CC(C)(C)OC(=O)NCCCCCC(=O)[O-].[Ag+]. The van der Waals surface area contributed by atoms with Crippen LogP contribution in [0.25, 0.3) is 0 Å². The number of amides is 1. The van der Waals surface area contributed by atoms with Crippen LogP contribution >= 0.6 is 0 Å². The fraction of sp³-hybridized carbons (Fsp3) is 0.818. The summed E-state index contributed by atoms with van der Waals surface area (Å²) in [4.78, 5) is 21.3. The predicted molar refractivity (Wildman–Crippen MR) is 57.7 cm³/mol. The predicted octanol–water partition coefficient (Wildman–Crippen LogP) is 0.819. The fourth-order valence-corrected chi connectivity index (χ4v) is 1.08. The number of carbonyl (C=O) groups excluding carboxylic acids is 2. The molecule has 0 aliphatic rings. The van der Waals surface area contributed by atoms with Crippen molar-refractivity contribution < 1.29 is 41.8 Å². The Morgan fingerprint density at radius 2 is 1.76 bits per heavy atom. The number of hydrogen-bond acceptors (Lipinski definition) is 4. The Labute approximate surface area is 118 Å². The second kappa shape index (κ2) is 9.50. The summed E-state index contributed by atoms with van der Waals surface area (Å²) in [6.07, 6.45) is 1.72. The van der Waals surface area contributed by atoms with Crippen molar-refractivity contribution in [1.82, 2.24) is 5.32 Å². The number of ether oxygens (including phenoxy) is 1. The van der Waals surface area contributed by atoms with Crippen molar-refractivity contribution in [1.29, 1.82) is 0 Å². The summed E-state index contributed by atoms with van der Waals surface area (Å²) in [5, 5.41) is 12.7. The Hall–Kier alpha value is -0.520. The summed E-state index contributed by atoms with van der Waals surface area (Å²) in [6, 6.07) is 0.